The summed E-state index contributed by atoms with van der Waals surface area (Å²) in [4.78, 5) is 13.1. The molecule has 10 heteroatoms. The molecule has 2 aromatic carbocycles. The summed E-state index contributed by atoms with van der Waals surface area (Å²) in [7, 11) is 0. The van der Waals surface area contributed by atoms with Crippen LogP contribution < -0.4 is 4.74 Å². The number of piperidine rings is 1. The highest BCUT2D eigenvalue weighted by Crippen LogP contribution is 2.38. The summed E-state index contributed by atoms with van der Waals surface area (Å²) in [6.45, 7) is 0.849. The number of halogens is 6. The number of ether oxygens (including phenoxy) is 1. The second-order valence-corrected chi connectivity index (χ2v) is 7.79. The maximum atomic E-state index is 12.9. The molecule has 1 aliphatic rings. The molecule has 0 amide bonds. The van der Waals surface area contributed by atoms with E-state index in [0.717, 1.165) is 12.1 Å². The van der Waals surface area contributed by atoms with Crippen molar-refractivity contribution in [1.29, 1.82) is 0 Å². The van der Waals surface area contributed by atoms with Crippen molar-refractivity contribution in [2.45, 2.75) is 44.4 Å². The minimum atomic E-state index is -4.79. The van der Waals surface area contributed by atoms with Gasteiger partial charge in [0.2, 0.25) is 0 Å². The van der Waals surface area contributed by atoms with Gasteiger partial charge in [0.15, 0.2) is 0 Å². The molecule has 0 aromatic heterocycles. The lowest BCUT2D eigenvalue weighted by atomic mass is 9.84. The first-order valence-electron chi connectivity index (χ1n) is 9.88. The van der Waals surface area contributed by atoms with E-state index in [1.807, 2.05) is 4.90 Å². The largest absolute Gasteiger partial charge is 0.573 e. The van der Waals surface area contributed by atoms with Crippen LogP contribution in [0.4, 0.5) is 26.3 Å². The topological polar surface area (TPSA) is 49.8 Å². The van der Waals surface area contributed by atoms with Crippen LogP contribution in [-0.2, 0) is 17.5 Å². The van der Waals surface area contributed by atoms with Crippen molar-refractivity contribution in [1.82, 2.24) is 4.90 Å². The van der Waals surface area contributed by atoms with Crippen molar-refractivity contribution in [2.24, 2.45) is 5.92 Å². The number of rotatable bonds is 6. The highest BCUT2D eigenvalue weighted by atomic mass is 19.4. The number of carboxylic acid groups (broad SMARTS) is 1. The fourth-order valence-corrected chi connectivity index (χ4v) is 3.98. The summed E-state index contributed by atoms with van der Waals surface area (Å²) < 4.78 is 79.6. The maximum absolute atomic E-state index is 12.9. The molecule has 2 atom stereocenters. The molecular formula is C22H21F6NO3. The number of carbonyl (C=O) groups is 1. The predicted molar refractivity (Wildman–Crippen MR) is 103 cm³/mol. The van der Waals surface area contributed by atoms with Crippen molar-refractivity contribution in [3.8, 4) is 5.75 Å². The first-order valence-corrected chi connectivity index (χ1v) is 9.88. The van der Waals surface area contributed by atoms with Crippen LogP contribution in [0.25, 0.3) is 0 Å². The normalized spacial score (nSPS) is 20.2. The summed E-state index contributed by atoms with van der Waals surface area (Å²) in [6, 6.07) is 9.85. The lowest BCUT2D eigenvalue weighted by Crippen LogP contribution is -2.37. The van der Waals surface area contributed by atoms with E-state index in [4.69, 9.17) is 5.11 Å². The number of likely N-dealkylation sites (tertiary alicyclic amines) is 1. The number of alkyl halides is 6. The molecule has 3 rings (SSSR count). The van der Waals surface area contributed by atoms with E-state index in [-0.39, 0.29) is 24.1 Å². The monoisotopic (exact) mass is 461 g/mol. The van der Waals surface area contributed by atoms with Crippen molar-refractivity contribution in [3.05, 3.63) is 65.2 Å². The zero-order chi connectivity index (χ0) is 23.5. The molecule has 1 fully saturated rings. The van der Waals surface area contributed by atoms with Gasteiger partial charge < -0.3 is 9.84 Å². The Balaban J connectivity index is 1.79. The van der Waals surface area contributed by atoms with E-state index < -0.39 is 24.1 Å². The molecule has 0 bridgehead atoms. The summed E-state index contributed by atoms with van der Waals surface area (Å²) in [5.41, 5.74) is 0.559. The van der Waals surface area contributed by atoms with Gasteiger partial charge >= 0.3 is 18.5 Å². The second-order valence-electron chi connectivity index (χ2n) is 7.79. The molecule has 1 N–H and O–H groups in total. The number of carboxylic acids is 1. The van der Waals surface area contributed by atoms with Gasteiger partial charge in [-0.3, -0.25) is 9.69 Å². The summed E-state index contributed by atoms with van der Waals surface area (Å²) in [5, 5.41) is 9.13. The summed E-state index contributed by atoms with van der Waals surface area (Å²) in [5.74, 6) is -1.41. The molecule has 1 aliphatic heterocycles. The molecule has 0 unspecified atom stereocenters. The molecule has 0 spiro atoms. The first kappa shape index (κ1) is 23.9. The summed E-state index contributed by atoms with van der Waals surface area (Å²) in [6.07, 6.45) is -8.24. The Bertz CT molecular complexity index is 909. The van der Waals surface area contributed by atoms with Crippen LogP contribution >= 0.6 is 0 Å². The van der Waals surface area contributed by atoms with E-state index in [9.17, 15) is 31.1 Å². The van der Waals surface area contributed by atoms with E-state index in [1.54, 1.807) is 0 Å². The van der Waals surface area contributed by atoms with Gasteiger partial charge in [0.1, 0.15) is 5.75 Å². The minimum absolute atomic E-state index is 0.0333. The van der Waals surface area contributed by atoms with Crippen LogP contribution in [0, 0.1) is 5.92 Å². The SMILES string of the molecule is O=C(O)C[C@@H]1CCN(Cc2ccc(OC(F)(F)F)cc2)[C@H](c2ccc(C(F)(F)F)cc2)C1. The predicted octanol–water partition coefficient (Wildman–Crippen LogP) is 6.03. The minimum Gasteiger partial charge on any atom is -0.481 e. The maximum Gasteiger partial charge on any atom is 0.573 e. The standard InChI is InChI=1S/C22H21F6NO3/c23-21(24,25)17-5-3-16(4-6-17)19-11-15(12-20(30)31)9-10-29(19)13-14-1-7-18(8-2-14)32-22(26,27)28/h1-8,15,19H,9-13H2,(H,30,31)/t15-,19+/m1/s1. The van der Waals surface area contributed by atoms with Crippen molar-refractivity contribution in [2.75, 3.05) is 6.54 Å². The third-order valence-corrected chi connectivity index (χ3v) is 5.45. The van der Waals surface area contributed by atoms with Gasteiger partial charge in [-0.15, -0.1) is 13.2 Å². The number of hydrogen-bond acceptors (Lipinski definition) is 3. The van der Waals surface area contributed by atoms with Crippen LogP contribution in [0.15, 0.2) is 48.5 Å². The molecule has 2 aromatic rings. The fraction of sp³-hybridized carbons (Fsp3) is 0.409. The molecule has 0 saturated carbocycles. The van der Waals surface area contributed by atoms with Crippen molar-refractivity contribution < 1.29 is 41.0 Å². The molecule has 174 valence electrons. The van der Waals surface area contributed by atoms with E-state index in [0.29, 0.717) is 37.1 Å². The molecule has 4 nitrogen and oxygen atoms in total. The molecule has 1 heterocycles. The fourth-order valence-electron chi connectivity index (χ4n) is 3.98. The van der Waals surface area contributed by atoms with Gasteiger partial charge in [-0.05, 0) is 60.7 Å². The average molecular weight is 461 g/mol. The Morgan fingerprint density at radius 1 is 1.00 bits per heavy atom. The Morgan fingerprint density at radius 2 is 1.62 bits per heavy atom. The van der Waals surface area contributed by atoms with Gasteiger partial charge in [0.05, 0.1) is 5.56 Å². The Hall–Kier alpha value is -2.75. The Kier molecular flexibility index (Phi) is 7.02. The zero-order valence-corrected chi connectivity index (χ0v) is 16.8. The highest BCUT2D eigenvalue weighted by Gasteiger charge is 2.34. The third-order valence-electron chi connectivity index (χ3n) is 5.45. The van der Waals surface area contributed by atoms with Gasteiger partial charge in [0, 0.05) is 19.0 Å². The number of benzene rings is 2. The lowest BCUT2D eigenvalue weighted by molar-refractivity contribution is -0.274. The smallest absolute Gasteiger partial charge is 0.481 e. The van der Waals surface area contributed by atoms with Crippen molar-refractivity contribution in [3.63, 3.8) is 0 Å². The van der Waals surface area contributed by atoms with E-state index >= 15 is 0 Å². The van der Waals surface area contributed by atoms with Crippen LogP contribution in [0.5, 0.6) is 5.75 Å². The molecule has 0 aliphatic carbocycles. The molecular weight excluding hydrogens is 440 g/mol. The van der Waals surface area contributed by atoms with E-state index in [2.05, 4.69) is 4.74 Å². The third kappa shape index (κ3) is 6.62. The average Bonchev–Trinajstić information content (AvgIpc) is 2.68. The molecule has 1 saturated heterocycles. The second kappa shape index (κ2) is 9.40. The van der Waals surface area contributed by atoms with Gasteiger partial charge in [-0.2, -0.15) is 13.2 Å². The van der Waals surface area contributed by atoms with Crippen LogP contribution in [0.3, 0.4) is 0 Å². The van der Waals surface area contributed by atoms with Crippen LogP contribution in [-0.4, -0.2) is 28.9 Å². The van der Waals surface area contributed by atoms with E-state index in [1.165, 1.54) is 36.4 Å². The first-order chi connectivity index (χ1) is 14.9. The number of hydrogen-bond donors (Lipinski definition) is 1. The Labute approximate surface area is 180 Å². The molecule has 0 radical (unpaired) electrons. The van der Waals surface area contributed by atoms with Crippen LogP contribution in [0.1, 0.15) is 42.0 Å². The van der Waals surface area contributed by atoms with Gasteiger partial charge in [0.25, 0.3) is 0 Å². The van der Waals surface area contributed by atoms with Crippen molar-refractivity contribution >= 4 is 5.97 Å². The number of nitrogens with zero attached hydrogens (tertiary/aromatic N) is 1. The Morgan fingerprint density at radius 3 is 2.16 bits per heavy atom. The summed E-state index contributed by atoms with van der Waals surface area (Å²) >= 11 is 0. The molecule has 32 heavy (non-hydrogen) atoms. The van der Waals surface area contributed by atoms with Crippen LogP contribution in [0.2, 0.25) is 0 Å². The zero-order valence-electron chi connectivity index (χ0n) is 16.8. The van der Waals surface area contributed by atoms with Gasteiger partial charge in [-0.1, -0.05) is 24.3 Å². The quantitative estimate of drug-likeness (QED) is 0.534. The lowest BCUT2D eigenvalue weighted by Gasteiger charge is -2.39. The number of aliphatic carboxylic acids is 1. The van der Waals surface area contributed by atoms with Gasteiger partial charge in [-0.25, -0.2) is 0 Å². The highest BCUT2D eigenvalue weighted by molar-refractivity contribution is 5.67.